The number of allylic oxidation sites excluding steroid dienone is 5. The number of hydrogen-bond donors (Lipinski definition) is 1. The van der Waals surface area contributed by atoms with Gasteiger partial charge in [0, 0.05) is 0 Å². The third-order valence-corrected chi connectivity index (χ3v) is 1.25. The third-order valence-electron chi connectivity index (χ3n) is 0.790. The van der Waals surface area contributed by atoms with E-state index < -0.39 is 0 Å². The Kier molecular flexibility index (Phi) is 1.47. The molecule has 0 unspecified atom stereocenters. The Morgan fingerprint density at radius 2 is 2.38 bits per heavy atom. The highest BCUT2D eigenvalue weighted by atomic mass is 79.9. The molecule has 0 aliphatic heterocycles. The summed E-state index contributed by atoms with van der Waals surface area (Å²) in [6, 6.07) is 0. The normalized spacial score (nSPS) is 16.6. The van der Waals surface area contributed by atoms with Crippen LogP contribution in [0.2, 0.25) is 0 Å². The van der Waals surface area contributed by atoms with Crippen molar-refractivity contribution >= 4 is 15.9 Å². The van der Waals surface area contributed by atoms with Gasteiger partial charge in [-0.05, 0) is 15.9 Å². The van der Waals surface area contributed by atoms with Crippen molar-refractivity contribution in [3.8, 4) is 0 Å². The first-order valence-corrected chi connectivity index (χ1v) is 3.01. The third kappa shape index (κ3) is 1.19. The minimum absolute atomic E-state index is 0.760. The molecule has 0 saturated heterocycles. The first kappa shape index (κ1) is 5.54. The van der Waals surface area contributed by atoms with Crippen molar-refractivity contribution in [3.63, 3.8) is 0 Å². The molecule has 0 amide bonds. The van der Waals surface area contributed by atoms with E-state index in [1.54, 1.807) is 18.2 Å². The maximum atomic E-state index is 5.41. The number of rotatable bonds is 0. The van der Waals surface area contributed by atoms with Crippen LogP contribution in [0.5, 0.6) is 0 Å². The summed E-state index contributed by atoms with van der Waals surface area (Å²) in [5.41, 5.74) is 6.17. The lowest BCUT2D eigenvalue weighted by Crippen LogP contribution is -1.93. The highest BCUT2D eigenvalue weighted by molar-refractivity contribution is 9.11. The molecule has 0 aromatic heterocycles. The lowest BCUT2D eigenvalue weighted by atomic mass is 10.3. The van der Waals surface area contributed by atoms with Crippen molar-refractivity contribution in [1.82, 2.24) is 0 Å². The largest absolute Gasteiger partial charge is 0.377 e. The maximum absolute atomic E-state index is 5.41. The predicted molar refractivity (Wildman–Crippen MR) is 37.1 cm³/mol. The van der Waals surface area contributed by atoms with Crippen LogP contribution in [0.25, 0.3) is 0 Å². The van der Waals surface area contributed by atoms with Crippen LogP contribution in [0.15, 0.2) is 28.4 Å². The molecule has 1 aliphatic carbocycles. The van der Waals surface area contributed by atoms with Crippen molar-refractivity contribution in [1.29, 1.82) is 0 Å². The van der Waals surface area contributed by atoms with Gasteiger partial charge in [0.15, 0.2) is 4.48 Å². The first-order chi connectivity index (χ1) is 3.79. The van der Waals surface area contributed by atoms with Gasteiger partial charge in [-0.25, -0.2) is 0 Å². The summed E-state index contributed by atoms with van der Waals surface area (Å²) in [5, 5.41) is 0. The Morgan fingerprint density at radius 3 is 2.75 bits per heavy atom. The average molecular weight is 171 g/mol. The van der Waals surface area contributed by atoms with Gasteiger partial charge in [0.1, 0.15) is 11.8 Å². The molecule has 1 aliphatic rings. The van der Waals surface area contributed by atoms with Gasteiger partial charge in [0.25, 0.3) is 0 Å². The van der Waals surface area contributed by atoms with E-state index in [0.29, 0.717) is 0 Å². The van der Waals surface area contributed by atoms with E-state index in [0.717, 1.165) is 10.2 Å². The minimum Gasteiger partial charge on any atom is -0.377 e. The van der Waals surface area contributed by atoms with Gasteiger partial charge in [-0.3, -0.25) is 0 Å². The standard InChI is InChI=1S/C6H5BrN/c7-5-2-1-3-6(8)4-5/h1,3-4H,8H2/q+1. The van der Waals surface area contributed by atoms with Crippen molar-refractivity contribution < 1.29 is 0 Å². The molecule has 40 valence electrons. The second-order valence-electron chi connectivity index (χ2n) is 1.47. The molecule has 8 heavy (non-hydrogen) atoms. The smallest absolute Gasteiger partial charge is 0.183 e. The zero-order valence-corrected chi connectivity index (χ0v) is 5.77. The van der Waals surface area contributed by atoms with E-state index in [-0.39, 0.29) is 0 Å². The van der Waals surface area contributed by atoms with E-state index >= 15 is 0 Å². The monoisotopic (exact) mass is 170 g/mol. The van der Waals surface area contributed by atoms with Crippen LogP contribution in [-0.2, 0) is 0 Å². The Bertz CT molecular complexity index is 174. The molecule has 0 radical (unpaired) electrons. The second kappa shape index (κ2) is 2.12. The minimum atomic E-state index is 0.760. The molecule has 1 rings (SSSR count). The fraction of sp³-hybridized carbons (Fsp3) is 0. The van der Waals surface area contributed by atoms with Crippen molar-refractivity contribution in [2.45, 2.75) is 0 Å². The zero-order valence-electron chi connectivity index (χ0n) is 4.19. The molecule has 0 heterocycles. The summed E-state index contributed by atoms with van der Waals surface area (Å²) < 4.78 is 0.900. The Balaban J connectivity index is 2.89. The molecule has 0 atom stereocenters. The lowest BCUT2D eigenvalue weighted by Gasteiger charge is -1.84. The molecule has 0 bridgehead atoms. The number of nitrogens with two attached hydrogens (primary N) is 1. The Labute approximate surface area is 56.7 Å². The second-order valence-corrected chi connectivity index (χ2v) is 2.32. The Morgan fingerprint density at radius 1 is 1.62 bits per heavy atom. The van der Waals surface area contributed by atoms with Gasteiger partial charge in [-0.2, -0.15) is 0 Å². The molecule has 2 heteroatoms. The van der Waals surface area contributed by atoms with Gasteiger partial charge in [-0.15, -0.1) is 0 Å². The van der Waals surface area contributed by atoms with Gasteiger partial charge in [0.2, 0.25) is 0 Å². The van der Waals surface area contributed by atoms with Gasteiger partial charge >= 0.3 is 0 Å². The van der Waals surface area contributed by atoms with Crippen molar-refractivity contribution in [3.05, 3.63) is 34.5 Å². The van der Waals surface area contributed by atoms with Crippen LogP contribution in [0.1, 0.15) is 0 Å². The number of halogens is 1. The fourth-order valence-corrected chi connectivity index (χ4v) is 0.850. The predicted octanol–water partition coefficient (Wildman–Crippen LogP) is 1.48. The highest BCUT2D eigenvalue weighted by Crippen LogP contribution is 2.11. The summed E-state index contributed by atoms with van der Waals surface area (Å²) in [6.45, 7) is 0. The summed E-state index contributed by atoms with van der Waals surface area (Å²) in [6.07, 6.45) is 8.29. The Hall–Kier alpha value is -0.590. The topological polar surface area (TPSA) is 26.0 Å². The molecule has 1 nitrogen and oxygen atoms in total. The van der Waals surface area contributed by atoms with Crippen LogP contribution >= 0.6 is 15.9 Å². The van der Waals surface area contributed by atoms with Crippen LogP contribution in [0.3, 0.4) is 0 Å². The maximum Gasteiger partial charge on any atom is 0.183 e. The van der Waals surface area contributed by atoms with E-state index in [9.17, 15) is 0 Å². The van der Waals surface area contributed by atoms with Gasteiger partial charge < -0.3 is 5.73 Å². The SMILES string of the molecule is NC1=CC(Br)=[C+]C=C1. The summed E-state index contributed by atoms with van der Waals surface area (Å²) in [5.74, 6) is 0. The molecule has 0 saturated carbocycles. The van der Waals surface area contributed by atoms with Crippen LogP contribution in [0, 0.1) is 6.08 Å². The van der Waals surface area contributed by atoms with Crippen LogP contribution in [0.4, 0.5) is 0 Å². The summed E-state index contributed by atoms with van der Waals surface area (Å²) in [4.78, 5) is 0. The van der Waals surface area contributed by atoms with Crippen molar-refractivity contribution in [2.75, 3.05) is 0 Å². The van der Waals surface area contributed by atoms with Crippen LogP contribution < -0.4 is 5.73 Å². The fourth-order valence-electron chi connectivity index (χ4n) is 0.454. The summed E-state index contributed by atoms with van der Waals surface area (Å²) in [7, 11) is 0. The van der Waals surface area contributed by atoms with Crippen LogP contribution in [-0.4, -0.2) is 0 Å². The average Bonchev–Trinajstić information content (AvgIpc) is 1.64. The quantitative estimate of drug-likeness (QED) is 0.549. The lowest BCUT2D eigenvalue weighted by molar-refractivity contribution is 1.40. The van der Waals surface area contributed by atoms with E-state index in [2.05, 4.69) is 22.0 Å². The van der Waals surface area contributed by atoms with Gasteiger partial charge in [-0.1, -0.05) is 0 Å². The molecule has 0 aromatic rings. The molecular formula is C6H5BrN+. The van der Waals surface area contributed by atoms with E-state index in [4.69, 9.17) is 5.73 Å². The van der Waals surface area contributed by atoms with Crippen molar-refractivity contribution in [2.24, 2.45) is 5.73 Å². The van der Waals surface area contributed by atoms with E-state index in [1.165, 1.54) is 0 Å². The zero-order chi connectivity index (χ0) is 5.98. The first-order valence-electron chi connectivity index (χ1n) is 2.22. The molecule has 2 N–H and O–H groups in total. The molecule has 0 aromatic carbocycles. The number of hydrogen-bond acceptors (Lipinski definition) is 1. The highest BCUT2D eigenvalue weighted by Gasteiger charge is 2.01. The molecular weight excluding hydrogens is 166 g/mol. The molecule has 0 fully saturated rings. The van der Waals surface area contributed by atoms with Gasteiger partial charge in [0.05, 0.1) is 18.2 Å². The molecule has 0 spiro atoms. The summed E-state index contributed by atoms with van der Waals surface area (Å²) >= 11 is 3.23. The van der Waals surface area contributed by atoms with E-state index in [1.807, 2.05) is 0 Å².